The van der Waals surface area contributed by atoms with Crippen LogP contribution in [-0.4, -0.2) is 11.6 Å². The van der Waals surface area contributed by atoms with Crippen LogP contribution < -0.4 is 0 Å². The summed E-state index contributed by atoms with van der Waals surface area (Å²) >= 11 is 3.24. The van der Waals surface area contributed by atoms with E-state index in [-0.39, 0.29) is 11.6 Å². The lowest BCUT2D eigenvalue weighted by Crippen LogP contribution is -2.00. The zero-order valence-electron chi connectivity index (χ0n) is 7.43. The van der Waals surface area contributed by atoms with Crippen molar-refractivity contribution in [2.45, 2.75) is 13.8 Å². The van der Waals surface area contributed by atoms with Crippen LogP contribution in [0.15, 0.2) is 22.7 Å². The molecule has 3 heteroatoms. The van der Waals surface area contributed by atoms with E-state index >= 15 is 0 Å². The molecule has 0 N–H and O–H groups in total. The molecule has 1 aromatic rings. The molecule has 0 heterocycles. The van der Waals surface area contributed by atoms with Crippen LogP contribution in [0.2, 0.25) is 0 Å². The molecule has 0 saturated carbocycles. The van der Waals surface area contributed by atoms with Crippen molar-refractivity contribution in [1.82, 2.24) is 0 Å². The number of hydrogen-bond donors (Lipinski definition) is 0. The molecule has 0 saturated heterocycles. The van der Waals surface area contributed by atoms with E-state index in [0.717, 1.165) is 0 Å². The summed E-state index contributed by atoms with van der Waals surface area (Å²) in [5.41, 5.74) is 1.10. The number of ketones is 2. The van der Waals surface area contributed by atoms with Crippen molar-refractivity contribution in [3.8, 4) is 0 Å². The van der Waals surface area contributed by atoms with Gasteiger partial charge in [0.2, 0.25) is 0 Å². The highest BCUT2D eigenvalue weighted by Crippen LogP contribution is 2.22. The zero-order chi connectivity index (χ0) is 10.0. The number of carbonyl (C=O) groups excluding carboxylic acids is 2. The first kappa shape index (κ1) is 10.1. The summed E-state index contributed by atoms with van der Waals surface area (Å²) in [6.07, 6.45) is 0. The zero-order valence-corrected chi connectivity index (χ0v) is 9.01. The van der Waals surface area contributed by atoms with Gasteiger partial charge >= 0.3 is 0 Å². The van der Waals surface area contributed by atoms with E-state index in [9.17, 15) is 9.59 Å². The SMILES string of the molecule is CC(=O)c1cccc(C(C)=O)c1Br. The molecule has 0 amide bonds. The van der Waals surface area contributed by atoms with Gasteiger partial charge in [0.1, 0.15) is 0 Å². The van der Waals surface area contributed by atoms with Crippen LogP contribution in [0.1, 0.15) is 34.6 Å². The molecule has 13 heavy (non-hydrogen) atoms. The molecule has 0 aromatic heterocycles. The van der Waals surface area contributed by atoms with Gasteiger partial charge in [-0.2, -0.15) is 0 Å². The fraction of sp³-hybridized carbons (Fsp3) is 0.200. The van der Waals surface area contributed by atoms with Gasteiger partial charge in [0.05, 0.1) is 0 Å². The maximum Gasteiger partial charge on any atom is 0.160 e. The lowest BCUT2D eigenvalue weighted by atomic mass is 10.1. The maximum atomic E-state index is 11.1. The standard InChI is InChI=1S/C10H9BrO2/c1-6(12)8-4-3-5-9(7(2)13)10(8)11/h3-5H,1-2H3. The van der Waals surface area contributed by atoms with Crippen LogP contribution in [0.3, 0.4) is 0 Å². The predicted molar refractivity (Wildman–Crippen MR) is 54.2 cm³/mol. The summed E-state index contributed by atoms with van der Waals surface area (Å²) in [5.74, 6) is -0.0926. The Hall–Kier alpha value is -0.960. The monoisotopic (exact) mass is 240 g/mol. The number of benzene rings is 1. The molecule has 0 aliphatic rings. The van der Waals surface area contributed by atoms with Gasteiger partial charge in [-0.25, -0.2) is 0 Å². The van der Waals surface area contributed by atoms with Crippen molar-refractivity contribution < 1.29 is 9.59 Å². The Morgan fingerprint density at radius 1 is 1.08 bits per heavy atom. The van der Waals surface area contributed by atoms with E-state index in [1.165, 1.54) is 13.8 Å². The van der Waals surface area contributed by atoms with Crippen molar-refractivity contribution in [1.29, 1.82) is 0 Å². The second-order valence-corrected chi connectivity index (χ2v) is 3.57. The summed E-state index contributed by atoms with van der Waals surface area (Å²) in [4.78, 5) is 22.2. The lowest BCUT2D eigenvalue weighted by molar-refractivity contribution is 0.101. The predicted octanol–water partition coefficient (Wildman–Crippen LogP) is 2.85. The molecule has 0 fully saturated rings. The Kier molecular flexibility index (Phi) is 2.98. The second kappa shape index (κ2) is 3.83. The van der Waals surface area contributed by atoms with E-state index < -0.39 is 0 Å². The molecule has 0 radical (unpaired) electrons. The van der Waals surface area contributed by atoms with Crippen molar-refractivity contribution >= 4 is 27.5 Å². The third kappa shape index (κ3) is 2.04. The maximum absolute atomic E-state index is 11.1. The molecule has 1 aromatic carbocycles. The van der Waals surface area contributed by atoms with E-state index in [4.69, 9.17) is 0 Å². The Balaban J connectivity index is 3.35. The van der Waals surface area contributed by atoms with Gasteiger partial charge in [0, 0.05) is 15.6 Å². The van der Waals surface area contributed by atoms with Crippen LogP contribution in [0.5, 0.6) is 0 Å². The highest BCUT2D eigenvalue weighted by molar-refractivity contribution is 9.10. The Morgan fingerprint density at radius 3 is 1.77 bits per heavy atom. The minimum atomic E-state index is -0.0463. The Labute approximate surface area is 85.1 Å². The van der Waals surface area contributed by atoms with Gasteiger partial charge in [-0.3, -0.25) is 9.59 Å². The van der Waals surface area contributed by atoms with E-state index in [1.54, 1.807) is 18.2 Å². The van der Waals surface area contributed by atoms with E-state index in [0.29, 0.717) is 15.6 Å². The Bertz CT molecular complexity index is 337. The smallest absolute Gasteiger partial charge is 0.160 e. The van der Waals surface area contributed by atoms with Crippen LogP contribution in [0.25, 0.3) is 0 Å². The molecule has 0 aliphatic carbocycles. The van der Waals surface area contributed by atoms with E-state index in [1.807, 2.05) is 0 Å². The summed E-state index contributed by atoms with van der Waals surface area (Å²) in [5, 5.41) is 0. The number of halogens is 1. The fourth-order valence-electron chi connectivity index (χ4n) is 1.08. The van der Waals surface area contributed by atoms with Crippen LogP contribution in [0.4, 0.5) is 0 Å². The molecule has 2 nitrogen and oxygen atoms in total. The Morgan fingerprint density at radius 2 is 1.46 bits per heavy atom. The molecule has 0 spiro atoms. The highest BCUT2D eigenvalue weighted by Gasteiger charge is 2.11. The first-order valence-corrected chi connectivity index (χ1v) is 4.63. The second-order valence-electron chi connectivity index (χ2n) is 2.78. The van der Waals surface area contributed by atoms with Gasteiger partial charge in [-0.15, -0.1) is 0 Å². The molecule has 68 valence electrons. The molecular weight excluding hydrogens is 232 g/mol. The number of carbonyl (C=O) groups is 2. The lowest BCUT2D eigenvalue weighted by Gasteiger charge is -2.03. The highest BCUT2D eigenvalue weighted by atomic mass is 79.9. The number of Topliss-reactive ketones (excluding diaryl/α,β-unsaturated/α-hetero) is 2. The van der Waals surface area contributed by atoms with Gasteiger partial charge in [0.15, 0.2) is 11.6 Å². The van der Waals surface area contributed by atoms with E-state index in [2.05, 4.69) is 15.9 Å². The van der Waals surface area contributed by atoms with Crippen molar-refractivity contribution in [2.24, 2.45) is 0 Å². The number of rotatable bonds is 2. The van der Waals surface area contributed by atoms with Crippen molar-refractivity contribution in [3.63, 3.8) is 0 Å². The third-order valence-electron chi connectivity index (χ3n) is 1.76. The van der Waals surface area contributed by atoms with Crippen molar-refractivity contribution in [3.05, 3.63) is 33.8 Å². The largest absolute Gasteiger partial charge is 0.294 e. The molecule has 0 atom stereocenters. The topological polar surface area (TPSA) is 34.1 Å². The normalized spacial score (nSPS) is 9.77. The molecular formula is C10H9BrO2. The number of hydrogen-bond acceptors (Lipinski definition) is 2. The summed E-state index contributed by atoms with van der Waals surface area (Å²) in [7, 11) is 0. The molecule has 0 bridgehead atoms. The third-order valence-corrected chi connectivity index (χ3v) is 2.61. The van der Waals surface area contributed by atoms with Crippen LogP contribution in [-0.2, 0) is 0 Å². The van der Waals surface area contributed by atoms with Gasteiger partial charge in [-0.1, -0.05) is 18.2 Å². The molecule has 0 aliphatic heterocycles. The first-order chi connectivity index (χ1) is 6.04. The van der Waals surface area contributed by atoms with Gasteiger partial charge < -0.3 is 0 Å². The minimum Gasteiger partial charge on any atom is -0.294 e. The quantitative estimate of drug-likeness (QED) is 0.746. The average molecular weight is 241 g/mol. The van der Waals surface area contributed by atoms with Gasteiger partial charge in [-0.05, 0) is 29.8 Å². The summed E-state index contributed by atoms with van der Waals surface area (Å²) < 4.78 is 0.593. The molecule has 1 rings (SSSR count). The van der Waals surface area contributed by atoms with Crippen molar-refractivity contribution in [2.75, 3.05) is 0 Å². The fourth-order valence-corrected chi connectivity index (χ4v) is 1.90. The molecule has 0 unspecified atom stereocenters. The first-order valence-electron chi connectivity index (χ1n) is 3.84. The summed E-state index contributed by atoms with van der Waals surface area (Å²) in [6.45, 7) is 2.95. The van der Waals surface area contributed by atoms with Crippen LogP contribution in [0, 0.1) is 0 Å². The van der Waals surface area contributed by atoms with Crippen LogP contribution >= 0.6 is 15.9 Å². The van der Waals surface area contributed by atoms with Gasteiger partial charge in [0.25, 0.3) is 0 Å². The minimum absolute atomic E-state index is 0.0463. The summed E-state index contributed by atoms with van der Waals surface area (Å²) in [6, 6.07) is 5.09. The average Bonchev–Trinajstić information content (AvgIpc) is 2.03.